The van der Waals surface area contributed by atoms with Crippen LogP contribution in [0.15, 0.2) is 0 Å². The minimum atomic E-state index is -1.86. The molecule has 30 heavy (non-hydrogen) atoms. The molecule has 0 aliphatic heterocycles. The minimum absolute atomic E-state index is 0.151. The van der Waals surface area contributed by atoms with Crippen LogP contribution in [0.2, 0.25) is 98.2 Å². The Morgan fingerprint density at radius 2 is 0.667 bits per heavy atom. The highest BCUT2D eigenvalue weighted by Crippen LogP contribution is 2.25. The van der Waals surface area contributed by atoms with Gasteiger partial charge in [-0.05, 0) is 98.2 Å². The quantitative estimate of drug-likeness (QED) is 0.254. The summed E-state index contributed by atoms with van der Waals surface area (Å²) in [5.41, 5.74) is 0. The lowest BCUT2D eigenvalue weighted by Gasteiger charge is -2.42. The van der Waals surface area contributed by atoms with Crippen LogP contribution in [0.4, 0.5) is 0 Å². The van der Waals surface area contributed by atoms with Gasteiger partial charge >= 0.3 is 0 Å². The van der Waals surface area contributed by atoms with E-state index in [2.05, 4.69) is 98.2 Å². The fraction of sp³-hybridized carbons (Fsp3) is 1.00. The summed E-state index contributed by atoms with van der Waals surface area (Å²) in [7, 11) is -8.90. The summed E-state index contributed by atoms with van der Waals surface area (Å²) in [5.74, 6) is 0. The topological polar surface area (TPSA) is 46.2 Å². The molecule has 0 N–H and O–H groups in total. The van der Waals surface area contributed by atoms with Crippen LogP contribution in [0, 0.1) is 0 Å². The van der Waals surface area contributed by atoms with E-state index in [4.69, 9.17) is 22.1 Å². The monoisotopic (exact) mass is 512 g/mol. The van der Waals surface area contributed by atoms with Crippen molar-refractivity contribution in [1.29, 1.82) is 0 Å². The van der Waals surface area contributed by atoms with E-state index in [1.54, 1.807) is 0 Å². The van der Waals surface area contributed by atoms with Gasteiger partial charge in [0.25, 0.3) is 0 Å². The standard InChI is InChI=1S/C20H52O5Si5/c1-26(2,3)21-16-18(23-28(7,8)9)20(25-30(13,14)15)19(24-29(10,11)12)17-22-27(4,5)6/h18-20H,16-17H2,1-15H3/t18-,19-/m1/s1. The van der Waals surface area contributed by atoms with Crippen LogP contribution in [-0.4, -0.2) is 73.1 Å². The van der Waals surface area contributed by atoms with Crippen molar-refractivity contribution >= 4 is 41.6 Å². The van der Waals surface area contributed by atoms with Crippen LogP contribution in [0.25, 0.3) is 0 Å². The number of hydrogen-bond donors (Lipinski definition) is 0. The largest absolute Gasteiger partial charge is 0.415 e. The highest BCUT2D eigenvalue weighted by Gasteiger charge is 2.41. The maximum atomic E-state index is 6.79. The van der Waals surface area contributed by atoms with Gasteiger partial charge in [0.2, 0.25) is 0 Å². The smallest absolute Gasteiger partial charge is 0.184 e. The third-order valence-corrected chi connectivity index (χ3v) is 8.66. The zero-order chi connectivity index (χ0) is 24.2. The summed E-state index contributed by atoms with van der Waals surface area (Å²) in [5, 5.41) is 0. The van der Waals surface area contributed by atoms with Gasteiger partial charge in [0.05, 0.1) is 31.5 Å². The van der Waals surface area contributed by atoms with E-state index in [0.29, 0.717) is 13.2 Å². The second-order valence-electron chi connectivity index (χ2n) is 13.1. The summed E-state index contributed by atoms with van der Waals surface area (Å²) in [6, 6.07) is 0. The van der Waals surface area contributed by atoms with E-state index < -0.39 is 41.6 Å². The third kappa shape index (κ3) is 17.4. The lowest BCUT2D eigenvalue weighted by atomic mass is 10.1. The summed E-state index contributed by atoms with van der Waals surface area (Å²) in [6.07, 6.45) is -0.494. The molecule has 5 nitrogen and oxygen atoms in total. The van der Waals surface area contributed by atoms with Gasteiger partial charge in [-0.1, -0.05) is 0 Å². The Hall–Kier alpha value is 0.884. The average molecular weight is 513 g/mol. The molecule has 0 aliphatic rings. The second-order valence-corrected chi connectivity index (χ2v) is 35.5. The van der Waals surface area contributed by atoms with Crippen molar-refractivity contribution in [3.8, 4) is 0 Å². The van der Waals surface area contributed by atoms with Crippen LogP contribution < -0.4 is 0 Å². The minimum Gasteiger partial charge on any atom is -0.415 e. The molecular weight excluding hydrogens is 461 g/mol. The lowest BCUT2D eigenvalue weighted by Crippen LogP contribution is -2.56. The second kappa shape index (κ2) is 11.3. The molecule has 182 valence electrons. The van der Waals surface area contributed by atoms with Gasteiger partial charge in [-0.25, -0.2) is 0 Å². The number of hydrogen-bond acceptors (Lipinski definition) is 5. The van der Waals surface area contributed by atoms with Crippen LogP contribution in [-0.2, 0) is 22.1 Å². The Morgan fingerprint density at radius 1 is 0.400 bits per heavy atom. The van der Waals surface area contributed by atoms with Gasteiger partial charge in [-0.15, -0.1) is 0 Å². The molecule has 0 saturated heterocycles. The summed E-state index contributed by atoms with van der Waals surface area (Å²) in [6.45, 7) is 34.5. The van der Waals surface area contributed by atoms with Crippen LogP contribution in [0.1, 0.15) is 0 Å². The molecule has 0 saturated carbocycles. The first kappa shape index (κ1) is 30.9. The van der Waals surface area contributed by atoms with E-state index in [9.17, 15) is 0 Å². The Labute approximate surface area is 193 Å². The maximum Gasteiger partial charge on any atom is 0.184 e. The first-order valence-corrected chi connectivity index (χ1v) is 28.3. The van der Waals surface area contributed by atoms with E-state index in [0.717, 1.165) is 0 Å². The van der Waals surface area contributed by atoms with Gasteiger partial charge in [0.15, 0.2) is 41.6 Å². The molecule has 0 amide bonds. The highest BCUT2D eigenvalue weighted by atomic mass is 28.4. The van der Waals surface area contributed by atoms with Crippen LogP contribution in [0.3, 0.4) is 0 Å². The Kier molecular flexibility index (Phi) is 11.7. The molecule has 2 atom stereocenters. The molecule has 0 spiro atoms. The van der Waals surface area contributed by atoms with Crippen molar-refractivity contribution in [1.82, 2.24) is 0 Å². The predicted octanol–water partition coefficient (Wildman–Crippen LogP) is 6.35. The van der Waals surface area contributed by atoms with E-state index >= 15 is 0 Å². The highest BCUT2D eigenvalue weighted by molar-refractivity contribution is 6.71. The maximum absolute atomic E-state index is 6.79. The Bertz CT molecular complexity index is 460. The molecule has 10 heteroatoms. The van der Waals surface area contributed by atoms with E-state index in [-0.39, 0.29) is 18.3 Å². The van der Waals surface area contributed by atoms with Crippen molar-refractivity contribution in [2.75, 3.05) is 13.2 Å². The Balaban J connectivity index is 6.08. The molecule has 0 rings (SSSR count). The van der Waals surface area contributed by atoms with Crippen molar-refractivity contribution in [3.63, 3.8) is 0 Å². The van der Waals surface area contributed by atoms with Crippen molar-refractivity contribution in [3.05, 3.63) is 0 Å². The van der Waals surface area contributed by atoms with Crippen LogP contribution >= 0.6 is 0 Å². The molecule has 0 bridgehead atoms. The van der Waals surface area contributed by atoms with E-state index in [1.807, 2.05) is 0 Å². The molecule has 0 radical (unpaired) electrons. The summed E-state index contributed by atoms with van der Waals surface area (Å²) in [4.78, 5) is 0. The van der Waals surface area contributed by atoms with Crippen molar-refractivity contribution in [2.24, 2.45) is 0 Å². The fourth-order valence-corrected chi connectivity index (χ4v) is 7.43. The van der Waals surface area contributed by atoms with Crippen molar-refractivity contribution < 1.29 is 22.1 Å². The van der Waals surface area contributed by atoms with Crippen molar-refractivity contribution in [2.45, 2.75) is 117 Å². The van der Waals surface area contributed by atoms with Gasteiger partial charge in [0, 0.05) is 0 Å². The van der Waals surface area contributed by atoms with Gasteiger partial charge in [-0.2, -0.15) is 0 Å². The molecule has 0 aromatic heterocycles. The zero-order valence-corrected chi connectivity index (χ0v) is 27.7. The SMILES string of the molecule is C[Si](C)(C)OC[C@@H](O[Si](C)(C)C)C(O[Si](C)(C)C)[C@@H](CO[Si](C)(C)C)O[Si](C)(C)C. The molecule has 0 aromatic rings. The van der Waals surface area contributed by atoms with Gasteiger partial charge in [0.1, 0.15) is 0 Å². The third-order valence-electron chi connectivity index (χ3n) is 3.59. The molecule has 0 fully saturated rings. The first-order chi connectivity index (χ1) is 13.0. The molecule has 0 heterocycles. The van der Waals surface area contributed by atoms with E-state index in [1.165, 1.54) is 0 Å². The lowest BCUT2D eigenvalue weighted by molar-refractivity contribution is -0.0630. The predicted molar refractivity (Wildman–Crippen MR) is 143 cm³/mol. The van der Waals surface area contributed by atoms with Gasteiger partial charge < -0.3 is 22.1 Å². The molecular formula is C20H52O5Si5. The average Bonchev–Trinajstić information content (AvgIpc) is 2.40. The molecule has 0 unspecified atom stereocenters. The molecule has 0 aliphatic carbocycles. The zero-order valence-electron chi connectivity index (χ0n) is 22.7. The van der Waals surface area contributed by atoms with Crippen LogP contribution in [0.5, 0.6) is 0 Å². The normalized spacial score (nSPS) is 16.8. The first-order valence-electron chi connectivity index (χ1n) is 11.3. The summed E-state index contributed by atoms with van der Waals surface area (Å²) >= 11 is 0. The Morgan fingerprint density at radius 3 is 0.867 bits per heavy atom. The summed E-state index contributed by atoms with van der Waals surface area (Å²) < 4.78 is 32.9. The van der Waals surface area contributed by atoms with Gasteiger partial charge in [-0.3, -0.25) is 0 Å². The molecule has 0 aromatic carbocycles. The number of rotatable bonds is 14. The fourth-order valence-electron chi connectivity index (χ4n) is 2.76.